The first-order chi connectivity index (χ1) is 14.1. The van der Waals surface area contributed by atoms with E-state index in [2.05, 4.69) is 21.4 Å². The van der Waals surface area contributed by atoms with Gasteiger partial charge in [-0.05, 0) is 31.4 Å². The predicted octanol–water partition coefficient (Wildman–Crippen LogP) is 4.48. The molecule has 144 valence electrons. The molecule has 7 heteroatoms. The Labute approximate surface area is 172 Å². The Morgan fingerprint density at radius 2 is 1.83 bits per heavy atom. The molecular formula is C22H19N5OS. The van der Waals surface area contributed by atoms with Crippen molar-refractivity contribution in [3.63, 3.8) is 0 Å². The summed E-state index contributed by atoms with van der Waals surface area (Å²) in [5.41, 5.74) is 4.58. The summed E-state index contributed by atoms with van der Waals surface area (Å²) < 4.78 is 1.68. The molecule has 0 fully saturated rings. The number of carbonyl (C=O) groups is 1. The fourth-order valence-corrected chi connectivity index (χ4v) is 4.68. The lowest BCUT2D eigenvalue weighted by Gasteiger charge is -2.23. The Bertz CT molecular complexity index is 1180. The number of aromatic nitrogens is 4. The normalized spacial score (nSPS) is 15.8. The van der Waals surface area contributed by atoms with Crippen LogP contribution in [0.3, 0.4) is 0 Å². The number of amides is 1. The second-order valence-corrected chi connectivity index (χ2v) is 8.14. The van der Waals surface area contributed by atoms with Gasteiger partial charge in [0.05, 0.1) is 5.69 Å². The molecule has 0 aliphatic carbocycles. The fraction of sp³-hybridized carbons (Fsp3) is 0.182. The number of rotatable bonds is 3. The number of nitrogens with zero attached hydrogens (tertiary/aromatic N) is 4. The number of benzene rings is 1. The highest BCUT2D eigenvalue weighted by Gasteiger charge is 2.35. The lowest BCUT2D eigenvalue weighted by atomic mass is 9.88. The van der Waals surface area contributed by atoms with Crippen molar-refractivity contribution in [2.75, 3.05) is 5.32 Å². The summed E-state index contributed by atoms with van der Waals surface area (Å²) in [6.45, 7) is 3.86. The average molecular weight is 401 g/mol. The molecule has 1 atom stereocenters. The summed E-state index contributed by atoms with van der Waals surface area (Å²) in [5, 5.41) is 9.97. The van der Waals surface area contributed by atoms with Gasteiger partial charge in [0, 0.05) is 39.7 Å². The maximum Gasteiger partial charge on any atom is 0.252 e. The summed E-state index contributed by atoms with van der Waals surface area (Å²) in [4.78, 5) is 22.9. The van der Waals surface area contributed by atoms with Crippen molar-refractivity contribution in [3.8, 4) is 17.2 Å². The van der Waals surface area contributed by atoms with Crippen LogP contribution in [-0.4, -0.2) is 25.7 Å². The van der Waals surface area contributed by atoms with Crippen molar-refractivity contribution in [2.24, 2.45) is 0 Å². The summed E-state index contributed by atoms with van der Waals surface area (Å²) in [6, 6.07) is 16.1. The average Bonchev–Trinajstić information content (AvgIpc) is 3.35. The first kappa shape index (κ1) is 17.8. The lowest BCUT2D eigenvalue weighted by Crippen LogP contribution is -2.25. The van der Waals surface area contributed by atoms with Crippen LogP contribution in [0.15, 0.2) is 53.9 Å². The predicted molar refractivity (Wildman–Crippen MR) is 113 cm³/mol. The summed E-state index contributed by atoms with van der Waals surface area (Å²) >= 11 is 1.66. The molecule has 0 unspecified atom stereocenters. The van der Waals surface area contributed by atoms with Gasteiger partial charge in [-0.25, -0.2) is 9.97 Å². The van der Waals surface area contributed by atoms with Crippen LogP contribution in [0.1, 0.15) is 34.2 Å². The minimum Gasteiger partial charge on any atom is -0.310 e. The van der Waals surface area contributed by atoms with Gasteiger partial charge in [0.1, 0.15) is 5.82 Å². The molecule has 0 saturated heterocycles. The molecule has 0 radical (unpaired) electrons. The Kier molecular flexibility index (Phi) is 4.24. The first-order valence-electron chi connectivity index (χ1n) is 9.44. The van der Waals surface area contributed by atoms with E-state index in [1.54, 1.807) is 16.0 Å². The van der Waals surface area contributed by atoms with E-state index in [0.717, 1.165) is 33.1 Å². The number of thiophene rings is 1. The second-order valence-electron chi connectivity index (χ2n) is 7.16. The molecule has 0 saturated carbocycles. The van der Waals surface area contributed by atoms with Gasteiger partial charge in [-0.1, -0.05) is 36.4 Å². The Morgan fingerprint density at radius 1 is 1.07 bits per heavy atom. The van der Waals surface area contributed by atoms with Crippen molar-refractivity contribution in [1.29, 1.82) is 0 Å². The van der Waals surface area contributed by atoms with E-state index in [1.165, 1.54) is 0 Å². The molecule has 3 aromatic heterocycles. The number of fused-ring (bicyclic) bond motifs is 1. The van der Waals surface area contributed by atoms with E-state index in [1.807, 2.05) is 61.7 Å². The zero-order chi connectivity index (χ0) is 20.0. The van der Waals surface area contributed by atoms with Crippen molar-refractivity contribution in [2.45, 2.75) is 26.2 Å². The van der Waals surface area contributed by atoms with Gasteiger partial charge in [0.25, 0.3) is 5.95 Å². The molecule has 1 aliphatic heterocycles. The molecular weight excluding hydrogens is 382 g/mol. The molecule has 1 amide bonds. The van der Waals surface area contributed by atoms with Gasteiger partial charge in [0.15, 0.2) is 0 Å². The van der Waals surface area contributed by atoms with Crippen LogP contribution in [0.4, 0.5) is 5.82 Å². The molecule has 1 aromatic carbocycles. The highest BCUT2D eigenvalue weighted by Crippen LogP contribution is 2.44. The second kappa shape index (κ2) is 6.93. The van der Waals surface area contributed by atoms with Crippen molar-refractivity contribution in [3.05, 3.63) is 75.7 Å². The van der Waals surface area contributed by atoms with Crippen molar-refractivity contribution in [1.82, 2.24) is 19.7 Å². The largest absolute Gasteiger partial charge is 0.310 e. The number of hydrogen-bond donors (Lipinski definition) is 1. The van der Waals surface area contributed by atoms with Crippen LogP contribution in [-0.2, 0) is 4.79 Å². The fourth-order valence-electron chi connectivity index (χ4n) is 3.84. The molecule has 6 nitrogen and oxygen atoms in total. The number of hydrogen-bond acceptors (Lipinski definition) is 5. The molecule has 5 rings (SSSR count). The van der Waals surface area contributed by atoms with Gasteiger partial charge < -0.3 is 5.32 Å². The molecule has 4 aromatic rings. The standard InChI is InChI=1S/C22H19N5OS/c1-13-11-14(2)24-22(23-13)27-21-19(20(26-27)15-7-4-3-5-8-15)16(12-18(28)25-21)17-9-6-10-29-17/h3-11,16H,12H2,1-2H3,(H,25,28)/t16-/m1/s1. The van der Waals surface area contributed by atoms with Crippen molar-refractivity contribution < 1.29 is 4.79 Å². The number of nitrogens with one attached hydrogen (secondary N) is 1. The van der Waals surface area contributed by atoms with Crippen LogP contribution in [0.25, 0.3) is 17.2 Å². The Hall–Kier alpha value is -3.32. The molecule has 1 aliphatic rings. The number of carbonyl (C=O) groups excluding carboxylic acids is 1. The number of anilines is 1. The molecule has 0 bridgehead atoms. The first-order valence-corrected chi connectivity index (χ1v) is 10.3. The minimum absolute atomic E-state index is 0.0268. The third kappa shape index (κ3) is 3.13. The van der Waals surface area contributed by atoms with Crippen molar-refractivity contribution >= 4 is 23.1 Å². The van der Waals surface area contributed by atoms with Crippen LogP contribution in [0.5, 0.6) is 0 Å². The van der Waals surface area contributed by atoms with Crippen LogP contribution in [0.2, 0.25) is 0 Å². The quantitative estimate of drug-likeness (QED) is 0.549. The zero-order valence-electron chi connectivity index (χ0n) is 16.1. The van der Waals surface area contributed by atoms with E-state index < -0.39 is 0 Å². The summed E-state index contributed by atoms with van der Waals surface area (Å²) in [5.74, 6) is 1.05. The number of aryl methyl sites for hydroxylation is 2. The van der Waals surface area contributed by atoms with Gasteiger partial charge in [-0.3, -0.25) is 4.79 Å². The smallest absolute Gasteiger partial charge is 0.252 e. The highest BCUT2D eigenvalue weighted by molar-refractivity contribution is 7.10. The van der Waals surface area contributed by atoms with E-state index in [0.29, 0.717) is 18.2 Å². The topological polar surface area (TPSA) is 72.7 Å². The summed E-state index contributed by atoms with van der Waals surface area (Å²) in [7, 11) is 0. The van der Waals surface area contributed by atoms with Gasteiger partial charge in [-0.15, -0.1) is 11.3 Å². The van der Waals surface area contributed by atoms with Crippen LogP contribution < -0.4 is 5.32 Å². The van der Waals surface area contributed by atoms with E-state index >= 15 is 0 Å². The van der Waals surface area contributed by atoms with Gasteiger partial charge in [-0.2, -0.15) is 9.78 Å². The van der Waals surface area contributed by atoms with E-state index in [-0.39, 0.29) is 11.8 Å². The maximum atomic E-state index is 12.6. The molecule has 29 heavy (non-hydrogen) atoms. The Morgan fingerprint density at radius 3 is 2.52 bits per heavy atom. The van der Waals surface area contributed by atoms with Gasteiger partial charge in [0.2, 0.25) is 5.91 Å². The monoisotopic (exact) mass is 401 g/mol. The molecule has 4 heterocycles. The SMILES string of the molecule is Cc1cc(C)nc(-n2nc(-c3ccccc3)c3c2NC(=O)C[C@@H]3c2cccs2)n1. The zero-order valence-corrected chi connectivity index (χ0v) is 16.9. The lowest BCUT2D eigenvalue weighted by molar-refractivity contribution is -0.116. The van der Waals surface area contributed by atoms with Crippen LogP contribution >= 0.6 is 11.3 Å². The van der Waals surface area contributed by atoms with Crippen LogP contribution in [0, 0.1) is 13.8 Å². The third-order valence-electron chi connectivity index (χ3n) is 5.01. The van der Waals surface area contributed by atoms with Gasteiger partial charge >= 0.3 is 0 Å². The molecule has 1 N–H and O–H groups in total. The maximum absolute atomic E-state index is 12.6. The highest BCUT2D eigenvalue weighted by atomic mass is 32.1. The van der Waals surface area contributed by atoms with E-state index in [4.69, 9.17) is 5.10 Å². The van der Waals surface area contributed by atoms with E-state index in [9.17, 15) is 4.79 Å². The minimum atomic E-state index is -0.0476. The third-order valence-corrected chi connectivity index (χ3v) is 6.00. The Balaban J connectivity index is 1.79. The molecule has 0 spiro atoms. The summed E-state index contributed by atoms with van der Waals surface area (Å²) in [6.07, 6.45) is 0.396.